The van der Waals surface area contributed by atoms with Crippen molar-refractivity contribution < 1.29 is 27.7 Å². The molecule has 1 aromatic heterocycles. The molecule has 0 saturated heterocycles. The smallest absolute Gasteiger partial charge is 0.310 e. The molecular formula is C22H13ClF2N4O5S. The van der Waals surface area contributed by atoms with Crippen molar-refractivity contribution >= 4 is 57.3 Å². The highest BCUT2D eigenvalue weighted by Gasteiger charge is 2.17. The van der Waals surface area contributed by atoms with Gasteiger partial charge in [-0.3, -0.25) is 20.2 Å². The van der Waals surface area contributed by atoms with E-state index in [2.05, 4.69) is 15.6 Å². The highest BCUT2D eigenvalue weighted by molar-refractivity contribution is 7.80. The van der Waals surface area contributed by atoms with Crippen LogP contribution in [0.2, 0.25) is 5.02 Å². The minimum absolute atomic E-state index is 0.0101. The summed E-state index contributed by atoms with van der Waals surface area (Å²) in [4.78, 5) is 26.8. The maximum Gasteiger partial charge on any atom is 0.310 e. The van der Waals surface area contributed by atoms with E-state index >= 15 is 0 Å². The van der Waals surface area contributed by atoms with E-state index in [1.165, 1.54) is 18.2 Å². The lowest BCUT2D eigenvalue weighted by molar-refractivity contribution is -0.385. The second kappa shape index (κ2) is 9.99. The Morgan fingerprint density at radius 2 is 1.91 bits per heavy atom. The molecule has 2 N–H and O–H groups in total. The van der Waals surface area contributed by atoms with Crippen molar-refractivity contribution in [3.8, 4) is 17.2 Å². The van der Waals surface area contributed by atoms with Gasteiger partial charge in [-0.1, -0.05) is 23.7 Å². The van der Waals surface area contributed by atoms with Crippen LogP contribution in [0, 0.1) is 21.7 Å². The summed E-state index contributed by atoms with van der Waals surface area (Å²) < 4.78 is 37.7. The minimum Gasteiger partial charge on any atom is -0.477 e. The first-order valence-corrected chi connectivity index (χ1v) is 10.5. The molecule has 13 heteroatoms. The number of amides is 1. The number of fused-ring (bicyclic) bond motifs is 1. The fourth-order valence-corrected chi connectivity index (χ4v) is 3.47. The van der Waals surface area contributed by atoms with Gasteiger partial charge >= 0.3 is 5.69 Å². The Hall–Kier alpha value is -4.16. The van der Waals surface area contributed by atoms with Gasteiger partial charge in [0.05, 0.1) is 15.5 Å². The van der Waals surface area contributed by atoms with Crippen LogP contribution in [0.4, 0.5) is 20.2 Å². The van der Waals surface area contributed by atoms with Crippen molar-refractivity contribution in [1.29, 1.82) is 0 Å². The van der Waals surface area contributed by atoms with E-state index in [1.54, 1.807) is 24.3 Å². The third-order valence-corrected chi connectivity index (χ3v) is 5.08. The topological polar surface area (TPSA) is 120 Å². The zero-order chi connectivity index (χ0) is 25.1. The number of nitro benzene ring substituents is 1. The van der Waals surface area contributed by atoms with Crippen LogP contribution in [0.3, 0.4) is 0 Å². The standard InChI is InChI=1S/C22H13ClF2N4O5S/c23-13-9-15(25)14(24)8-12(13)21-27-16-7-11(5-6-18(16)34-21)26-22(35)28-20(30)10-33-19-4-2-1-3-17(19)29(31)32/h1-9H,10H2,(H2,26,28,30,35). The van der Waals surface area contributed by atoms with Gasteiger partial charge in [-0.05, 0) is 48.6 Å². The van der Waals surface area contributed by atoms with E-state index in [1.807, 2.05) is 0 Å². The molecule has 9 nitrogen and oxygen atoms in total. The summed E-state index contributed by atoms with van der Waals surface area (Å²) in [7, 11) is 0. The number of benzene rings is 3. The number of aromatic nitrogens is 1. The van der Waals surface area contributed by atoms with Crippen LogP contribution in [0.15, 0.2) is 59.0 Å². The van der Waals surface area contributed by atoms with Gasteiger partial charge in [-0.2, -0.15) is 0 Å². The van der Waals surface area contributed by atoms with Gasteiger partial charge in [0.15, 0.2) is 34.7 Å². The van der Waals surface area contributed by atoms with Crippen molar-refractivity contribution in [3.05, 3.63) is 81.4 Å². The summed E-state index contributed by atoms with van der Waals surface area (Å²) in [6, 6.07) is 12.1. The summed E-state index contributed by atoms with van der Waals surface area (Å²) in [6.45, 7) is -0.507. The van der Waals surface area contributed by atoms with Gasteiger partial charge in [-0.25, -0.2) is 13.8 Å². The van der Waals surface area contributed by atoms with E-state index in [-0.39, 0.29) is 33.0 Å². The number of oxazole rings is 1. The Balaban J connectivity index is 1.40. The molecule has 1 amide bonds. The van der Waals surface area contributed by atoms with Gasteiger partial charge in [0.1, 0.15) is 5.52 Å². The third-order valence-electron chi connectivity index (χ3n) is 4.56. The minimum atomic E-state index is -1.10. The van der Waals surface area contributed by atoms with Gasteiger partial charge < -0.3 is 14.5 Å². The molecule has 0 aliphatic heterocycles. The van der Waals surface area contributed by atoms with Crippen LogP contribution in [-0.4, -0.2) is 27.5 Å². The summed E-state index contributed by atoms with van der Waals surface area (Å²) in [6.07, 6.45) is 0. The second-order valence-electron chi connectivity index (χ2n) is 6.96. The fourth-order valence-electron chi connectivity index (χ4n) is 3.01. The molecule has 0 spiro atoms. The number of halogens is 3. The van der Waals surface area contributed by atoms with Crippen LogP contribution in [0.25, 0.3) is 22.6 Å². The molecule has 178 valence electrons. The molecule has 0 fully saturated rings. The average molecular weight is 519 g/mol. The van der Waals surface area contributed by atoms with Crippen LogP contribution in [0.1, 0.15) is 0 Å². The molecule has 3 aromatic carbocycles. The van der Waals surface area contributed by atoms with Crippen LogP contribution >= 0.6 is 23.8 Å². The average Bonchev–Trinajstić information content (AvgIpc) is 3.23. The van der Waals surface area contributed by atoms with E-state index in [4.69, 9.17) is 33.0 Å². The van der Waals surface area contributed by atoms with E-state index < -0.39 is 29.1 Å². The normalized spacial score (nSPS) is 10.7. The molecule has 0 atom stereocenters. The number of hydrogen-bond acceptors (Lipinski definition) is 7. The second-order valence-corrected chi connectivity index (χ2v) is 7.78. The number of ether oxygens (including phenoxy) is 1. The first-order chi connectivity index (χ1) is 16.7. The Kier molecular flexibility index (Phi) is 6.85. The zero-order valence-electron chi connectivity index (χ0n) is 17.4. The zero-order valence-corrected chi connectivity index (χ0v) is 19.0. The molecule has 4 rings (SSSR count). The van der Waals surface area contributed by atoms with Crippen LogP contribution in [-0.2, 0) is 4.79 Å². The van der Waals surface area contributed by atoms with E-state index in [0.717, 1.165) is 12.1 Å². The van der Waals surface area contributed by atoms with Crippen molar-refractivity contribution in [3.63, 3.8) is 0 Å². The molecule has 35 heavy (non-hydrogen) atoms. The summed E-state index contributed by atoms with van der Waals surface area (Å²) in [5, 5.41) is 16.1. The molecule has 0 radical (unpaired) electrons. The largest absolute Gasteiger partial charge is 0.477 e. The number of thiocarbonyl (C=S) groups is 1. The van der Waals surface area contributed by atoms with Crippen molar-refractivity contribution in [2.24, 2.45) is 0 Å². The number of nitro groups is 1. The summed E-state index contributed by atoms with van der Waals surface area (Å²) >= 11 is 11.1. The third kappa shape index (κ3) is 5.50. The van der Waals surface area contributed by atoms with E-state index in [0.29, 0.717) is 16.8 Å². The van der Waals surface area contributed by atoms with Crippen molar-refractivity contribution in [1.82, 2.24) is 10.3 Å². The molecule has 0 aliphatic carbocycles. The summed E-state index contributed by atoms with van der Waals surface area (Å²) in [5.41, 5.74) is 0.959. The first-order valence-electron chi connectivity index (χ1n) is 9.74. The molecule has 4 aromatic rings. The number of nitrogens with zero attached hydrogens (tertiary/aromatic N) is 2. The van der Waals surface area contributed by atoms with E-state index in [9.17, 15) is 23.7 Å². The quantitative estimate of drug-likeness (QED) is 0.154. The summed E-state index contributed by atoms with van der Waals surface area (Å²) in [5.74, 6) is -2.90. The van der Waals surface area contributed by atoms with Crippen LogP contribution in [0.5, 0.6) is 5.75 Å². The number of para-hydroxylation sites is 2. The van der Waals surface area contributed by atoms with Gasteiger partial charge in [0.25, 0.3) is 5.91 Å². The number of hydrogen-bond donors (Lipinski definition) is 2. The van der Waals surface area contributed by atoms with Crippen molar-refractivity contribution in [2.75, 3.05) is 11.9 Å². The maximum atomic E-state index is 13.6. The predicted octanol–water partition coefficient (Wildman–Crippen LogP) is 5.23. The molecule has 0 saturated carbocycles. The first kappa shape index (κ1) is 24.0. The molecular weight excluding hydrogens is 506 g/mol. The lowest BCUT2D eigenvalue weighted by Gasteiger charge is -2.10. The highest BCUT2D eigenvalue weighted by atomic mass is 35.5. The lowest BCUT2D eigenvalue weighted by atomic mass is 10.2. The fraction of sp³-hybridized carbons (Fsp3) is 0.0455. The predicted molar refractivity (Wildman–Crippen MR) is 127 cm³/mol. The number of anilines is 1. The maximum absolute atomic E-state index is 13.6. The Morgan fingerprint density at radius 1 is 1.17 bits per heavy atom. The number of nitrogens with one attached hydrogen (secondary N) is 2. The van der Waals surface area contributed by atoms with Gasteiger partial charge in [0, 0.05) is 11.8 Å². The SMILES string of the molecule is O=C(COc1ccccc1[N+](=O)[O-])NC(=S)Nc1ccc2oc(-c3cc(F)c(F)cc3Cl)nc2c1. The number of carbonyl (C=O) groups excluding carboxylic acids is 1. The molecule has 0 aliphatic rings. The Labute approximate surface area is 205 Å². The van der Waals surface area contributed by atoms with Crippen molar-refractivity contribution in [2.45, 2.75) is 0 Å². The lowest BCUT2D eigenvalue weighted by Crippen LogP contribution is -2.37. The highest BCUT2D eigenvalue weighted by Crippen LogP contribution is 2.32. The van der Waals surface area contributed by atoms with Gasteiger partial charge in [-0.15, -0.1) is 0 Å². The number of carbonyl (C=O) groups is 1. The molecule has 0 bridgehead atoms. The van der Waals surface area contributed by atoms with Gasteiger partial charge in [0.2, 0.25) is 5.89 Å². The Bertz CT molecular complexity index is 1480. The van der Waals surface area contributed by atoms with Crippen LogP contribution < -0.4 is 15.4 Å². The number of rotatable bonds is 6. The Morgan fingerprint density at radius 3 is 2.69 bits per heavy atom. The molecule has 1 heterocycles. The monoisotopic (exact) mass is 518 g/mol. The molecule has 0 unspecified atom stereocenters.